The monoisotopic (exact) mass is 368 g/mol. The standard InChI is InChI=1S/C23H20N4O/c1-16-6-4-7-17(12-16)14-27-22(25)21(13-24)23(26-27)28-15-19-10-5-9-18-8-2-3-11-20(18)19/h2-12H,14-15,25H2,1H3. The molecule has 2 N–H and O–H groups in total. The smallest absolute Gasteiger partial charge is 0.253 e. The Kier molecular flexibility index (Phi) is 4.69. The molecule has 0 unspecified atom stereocenters. The summed E-state index contributed by atoms with van der Waals surface area (Å²) in [6, 6.07) is 24.4. The maximum Gasteiger partial charge on any atom is 0.253 e. The first-order chi connectivity index (χ1) is 13.7. The Hall–Kier alpha value is -3.78. The third kappa shape index (κ3) is 3.40. The highest BCUT2D eigenvalue weighted by Gasteiger charge is 2.17. The Labute approximate surface area is 163 Å². The molecular weight excluding hydrogens is 348 g/mol. The number of anilines is 1. The van der Waals surface area contributed by atoms with Crippen LogP contribution in [-0.2, 0) is 13.2 Å². The first-order valence-corrected chi connectivity index (χ1v) is 9.07. The molecule has 0 atom stereocenters. The van der Waals surface area contributed by atoms with Crippen LogP contribution < -0.4 is 10.5 Å². The molecule has 5 heteroatoms. The van der Waals surface area contributed by atoms with Gasteiger partial charge in [-0.25, -0.2) is 4.68 Å². The number of ether oxygens (including phenoxy) is 1. The molecular formula is C23H20N4O. The summed E-state index contributed by atoms with van der Waals surface area (Å²) < 4.78 is 7.53. The molecule has 3 aromatic carbocycles. The largest absolute Gasteiger partial charge is 0.471 e. The van der Waals surface area contributed by atoms with Crippen LogP contribution in [0.15, 0.2) is 66.7 Å². The van der Waals surface area contributed by atoms with E-state index >= 15 is 0 Å². The summed E-state index contributed by atoms with van der Waals surface area (Å²) in [5, 5.41) is 16.2. The molecule has 1 aromatic heterocycles. The van der Waals surface area contributed by atoms with Gasteiger partial charge in [0.15, 0.2) is 5.56 Å². The van der Waals surface area contributed by atoms with Crippen LogP contribution in [-0.4, -0.2) is 9.78 Å². The number of nitriles is 1. The van der Waals surface area contributed by atoms with Crippen molar-refractivity contribution in [3.63, 3.8) is 0 Å². The molecule has 4 rings (SSSR count). The second kappa shape index (κ2) is 7.45. The normalized spacial score (nSPS) is 10.7. The van der Waals surface area contributed by atoms with Gasteiger partial charge < -0.3 is 10.5 Å². The number of rotatable bonds is 5. The fourth-order valence-corrected chi connectivity index (χ4v) is 3.33. The summed E-state index contributed by atoms with van der Waals surface area (Å²) in [4.78, 5) is 0. The van der Waals surface area contributed by atoms with Crippen molar-refractivity contribution in [1.29, 1.82) is 5.26 Å². The van der Waals surface area contributed by atoms with Crippen LogP contribution in [0.1, 0.15) is 22.3 Å². The van der Waals surface area contributed by atoms with Crippen LogP contribution >= 0.6 is 0 Å². The molecule has 0 amide bonds. The quantitative estimate of drug-likeness (QED) is 0.565. The molecule has 1 heterocycles. The van der Waals surface area contributed by atoms with Crippen molar-refractivity contribution in [2.75, 3.05) is 5.73 Å². The number of aromatic nitrogens is 2. The van der Waals surface area contributed by atoms with Gasteiger partial charge in [0.25, 0.3) is 5.88 Å². The van der Waals surface area contributed by atoms with Crippen molar-refractivity contribution in [2.24, 2.45) is 0 Å². The van der Waals surface area contributed by atoms with Crippen LogP contribution in [0.4, 0.5) is 5.82 Å². The van der Waals surface area contributed by atoms with E-state index in [0.717, 1.165) is 27.5 Å². The van der Waals surface area contributed by atoms with E-state index in [4.69, 9.17) is 10.5 Å². The summed E-state index contributed by atoms with van der Waals surface area (Å²) in [5.74, 6) is 0.581. The fourth-order valence-electron chi connectivity index (χ4n) is 3.33. The molecule has 28 heavy (non-hydrogen) atoms. The molecule has 0 bridgehead atoms. The summed E-state index contributed by atoms with van der Waals surface area (Å²) in [6.45, 7) is 2.84. The van der Waals surface area contributed by atoms with Crippen molar-refractivity contribution in [3.05, 3.63) is 89.0 Å². The van der Waals surface area contributed by atoms with Crippen LogP contribution in [0.25, 0.3) is 10.8 Å². The molecule has 0 aliphatic carbocycles. The van der Waals surface area contributed by atoms with Crippen molar-refractivity contribution in [1.82, 2.24) is 9.78 Å². The number of hydrogen-bond acceptors (Lipinski definition) is 4. The van der Waals surface area contributed by atoms with Gasteiger partial charge in [0.2, 0.25) is 0 Å². The highest BCUT2D eigenvalue weighted by molar-refractivity contribution is 5.85. The highest BCUT2D eigenvalue weighted by Crippen LogP contribution is 2.26. The minimum Gasteiger partial charge on any atom is -0.471 e. The Morgan fingerprint density at radius 1 is 1.07 bits per heavy atom. The van der Waals surface area contributed by atoms with Crippen molar-refractivity contribution in [2.45, 2.75) is 20.1 Å². The number of nitrogen functional groups attached to an aromatic ring is 1. The van der Waals surface area contributed by atoms with Gasteiger partial charge in [-0.1, -0.05) is 72.3 Å². The number of benzene rings is 3. The lowest BCUT2D eigenvalue weighted by Crippen LogP contribution is -2.06. The zero-order valence-electron chi connectivity index (χ0n) is 15.6. The second-order valence-electron chi connectivity index (χ2n) is 6.75. The lowest BCUT2D eigenvalue weighted by molar-refractivity contribution is 0.290. The Morgan fingerprint density at radius 3 is 2.68 bits per heavy atom. The maximum atomic E-state index is 9.53. The summed E-state index contributed by atoms with van der Waals surface area (Å²) in [6.07, 6.45) is 0. The van der Waals surface area contributed by atoms with Gasteiger partial charge in [-0.15, -0.1) is 5.10 Å². The van der Waals surface area contributed by atoms with E-state index < -0.39 is 0 Å². The van der Waals surface area contributed by atoms with Crippen molar-refractivity contribution in [3.8, 4) is 11.9 Å². The molecule has 5 nitrogen and oxygen atoms in total. The lowest BCUT2D eigenvalue weighted by Gasteiger charge is -2.07. The SMILES string of the molecule is Cc1cccc(Cn2nc(OCc3cccc4ccccc34)c(C#N)c2N)c1. The third-order valence-corrected chi connectivity index (χ3v) is 4.73. The van der Waals surface area contributed by atoms with Crippen LogP contribution in [0.2, 0.25) is 0 Å². The molecule has 0 aliphatic heterocycles. The Bertz CT molecular complexity index is 1180. The molecule has 0 fully saturated rings. The first-order valence-electron chi connectivity index (χ1n) is 9.07. The second-order valence-corrected chi connectivity index (χ2v) is 6.75. The lowest BCUT2D eigenvalue weighted by atomic mass is 10.1. The fraction of sp³-hybridized carbons (Fsp3) is 0.130. The van der Waals surface area contributed by atoms with E-state index in [1.165, 1.54) is 0 Å². The average molecular weight is 368 g/mol. The predicted octanol–water partition coefficient (Wildman–Crippen LogP) is 4.43. The third-order valence-electron chi connectivity index (χ3n) is 4.73. The van der Waals surface area contributed by atoms with Gasteiger partial charge in [-0.05, 0) is 28.8 Å². The Morgan fingerprint density at radius 2 is 1.86 bits per heavy atom. The molecule has 0 radical (unpaired) electrons. The summed E-state index contributed by atoms with van der Waals surface area (Å²) in [5.41, 5.74) is 9.70. The molecule has 0 aliphatic rings. The van der Waals surface area contributed by atoms with Crippen LogP contribution in [0.3, 0.4) is 0 Å². The zero-order valence-corrected chi connectivity index (χ0v) is 15.6. The van der Waals surface area contributed by atoms with Crippen molar-refractivity contribution < 1.29 is 4.74 Å². The number of fused-ring (bicyclic) bond motifs is 1. The molecule has 138 valence electrons. The zero-order chi connectivity index (χ0) is 19.5. The van der Waals surface area contributed by atoms with E-state index in [1.807, 2.05) is 49.4 Å². The van der Waals surface area contributed by atoms with Gasteiger partial charge in [0, 0.05) is 0 Å². The maximum absolute atomic E-state index is 9.53. The van der Waals surface area contributed by atoms with E-state index in [-0.39, 0.29) is 11.4 Å². The molecule has 4 aromatic rings. The van der Waals surface area contributed by atoms with Gasteiger partial charge in [-0.3, -0.25) is 0 Å². The summed E-state index contributed by atoms with van der Waals surface area (Å²) >= 11 is 0. The minimum absolute atomic E-state index is 0.264. The first kappa shape index (κ1) is 17.6. The average Bonchev–Trinajstić information content (AvgIpc) is 3.00. The predicted molar refractivity (Wildman–Crippen MR) is 110 cm³/mol. The summed E-state index contributed by atoms with van der Waals surface area (Å²) in [7, 11) is 0. The van der Waals surface area contributed by atoms with Gasteiger partial charge >= 0.3 is 0 Å². The van der Waals surface area contributed by atoms with E-state index in [9.17, 15) is 5.26 Å². The van der Waals surface area contributed by atoms with E-state index in [2.05, 4.69) is 35.4 Å². The van der Waals surface area contributed by atoms with Gasteiger partial charge in [0.05, 0.1) is 6.54 Å². The van der Waals surface area contributed by atoms with Crippen LogP contribution in [0.5, 0.6) is 5.88 Å². The van der Waals surface area contributed by atoms with Gasteiger partial charge in [0.1, 0.15) is 18.5 Å². The number of nitrogens with zero attached hydrogens (tertiary/aromatic N) is 3. The number of nitrogens with two attached hydrogens (primary N) is 1. The van der Waals surface area contributed by atoms with Gasteiger partial charge in [-0.2, -0.15) is 5.26 Å². The molecule has 0 saturated carbocycles. The van der Waals surface area contributed by atoms with E-state index in [0.29, 0.717) is 19.0 Å². The van der Waals surface area contributed by atoms with E-state index in [1.54, 1.807) is 4.68 Å². The number of hydrogen-bond donors (Lipinski definition) is 1. The molecule has 0 spiro atoms. The minimum atomic E-state index is 0.264. The molecule has 0 saturated heterocycles. The van der Waals surface area contributed by atoms with Crippen LogP contribution in [0, 0.1) is 18.3 Å². The Balaban J connectivity index is 1.60. The highest BCUT2D eigenvalue weighted by atomic mass is 16.5. The van der Waals surface area contributed by atoms with Crippen molar-refractivity contribution >= 4 is 16.6 Å². The number of aryl methyl sites for hydroxylation is 1. The topological polar surface area (TPSA) is 76.9 Å².